The SMILES string of the molecule is CC(C)(C)NCCC(C)(O)C1CC1. The largest absolute Gasteiger partial charge is 0.390 e. The number of aliphatic hydroxyl groups is 1. The number of hydrogen-bond acceptors (Lipinski definition) is 2. The molecule has 1 atom stereocenters. The van der Waals surface area contributed by atoms with E-state index in [0.29, 0.717) is 5.92 Å². The molecule has 1 rings (SSSR count). The third kappa shape index (κ3) is 4.10. The van der Waals surface area contributed by atoms with Crippen LogP contribution in [0.2, 0.25) is 0 Å². The van der Waals surface area contributed by atoms with Crippen molar-refractivity contribution >= 4 is 0 Å². The molecular weight excluding hydrogens is 162 g/mol. The van der Waals surface area contributed by atoms with Gasteiger partial charge in [0.2, 0.25) is 0 Å². The maximum Gasteiger partial charge on any atom is 0.0659 e. The molecule has 0 saturated heterocycles. The summed E-state index contributed by atoms with van der Waals surface area (Å²) in [7, 11) is 0. The fourth-order valence-corrected chi connectivity index (χ4v) is 1.60. The van der Waals surface area contributed by atoms with Crippen LogP contribution in [0.4, 0.5) is 0 Å². The highest BCUT2D eigenvalue weighted by Gasteiger charge is 2.39. The Kier molecular flexibility index (Phi) is 3.03. The molecule has 2 heteroatoms. The zero-order chi connectivity index (χ0) is 10.1. The molecule has 2 nitrogen and oxygen atoms in total. The molecule has 0 aromatic carbocycles. The summed E-state index contributed by atoms with van der Waals surface area (Å²) in [5.74, 6) is 0.564. The summed E-state index contributed by atoms with van der Waals surface area (Å²) in [5, 5.41) is 13.4. The summed E-state index contributed by atoms with van der Waals surface area (Å²) in [6, 6.07) is 0. The lowest BCUT2D eigenvalue weighted by Crippen LogP contribution is -2.40. The molecule has 13 heavy (non-hydrogen) atoms. The van der Waals surface area contributed by atoms with Gasteiger partial charge in [-0.3, -0.25) is 0 Å². The molecule has 0 bridgehead atoms. The fraction of sp³-hybridized carbons (Fsp3) is 1.00. The van der Waals surface area contributed by atoms with E-state index in [4.69, 9.17) is 0 Å². The van der Waals surface area contributed by atoms with Gasteiger partial charge >= 0.3 is 0 Å². The average Bonchev–Trinajstić information content (AvgIpc) is 2.62. The predicted octanol–water partition coefficient (Wildman–Crippen LogP) is 1.93. The van der Waals surface area contributed by atoms with E-state index < -0.39 is 5.60 Å². The maximum absolute atomic E-state index is 10.0. The summed E-state index contributed by atoms with van der Waals surface area (Å²) in [5.41, 5.74) is -0.266. The lowest BCUT2D eigenvalue weighted by atomic mass is 9.96. The van der Waals surface area contributed by atoms with E-state index >= 15 is 0 Å². The second kappa shape index (κ2) is 3.58. The lowest BCUT2D eigenvalue weighted by molar-refractivity contribution is 0.0271. The van der Waals surface area contributed by atoms with Crippen LogP contribution in [0.3, 0.4) is 0 Å². The third-order valence-electron chi connectivity index (χ3n) is 2.74. The minimum atomic E-state index is -0.432. The van der Waals surface area contributed by atoms with Gasteiger partial charge in [-0.15, -0.1) is 0 Å². The second-order valence-corrected chi connectivity index (χ2v) is 5.56. The van der Waals surface area contributed by atoms with E-state index in [1.165, 1.54) is 12.8 Å². The van der Waals surface area contributed by atoms with E-state index in [1.807, 2.05) is 6.92 Å². The summed E-state index contributed by atoms with van der Waals surface area (Å²) in [4.78, 5) is 0. The quantitative estimate of drug-likeness (QED) is 0.701. The minimum absolute atomic E-state index is 0.166. The smallest absolute Gasteiger partial charge is 0.0659 e. The Morgan fingerprint density at radius 3 is 2.15 bits per heavy atom. The van der Waals surface area contributed by atoms with Gasteiger partial charge in [-0.05, 0) is 59.4 Å². The van der Waals surface area contributed by atoms with Crippen molar-refractivity contribution in [3.63, 3.8) is 0 Å². The summed E-state index contributed by atoms with van der Waals surface area (Å²) < 4.78 is 0. The Labute approximate surface area is 81.7 Å². The minimum Gasteiger partial charge on any atom is -0.390 e. The summed E-state index contributed by atoms with van der Waals surface area (Å²) in [6.45, 7) is 9.33. The van der Waals surface area contributed by atoms with Gasteiger partial charge in [0, 0.05) is 5.54 Å². The normalized spacial score (nSPS) is 22.8. The highest BCUT2D eigenvalue weighted by atomic mass is 16.3. The molecule has 1 aliphatic carbocycles. The zero-order valence-electron chi connectivity index (χ0n) is 9.35. The van der Waals surface area contributed by atoms with Crippen molar-refractivity contribution in [2.24, 2.45) is 5.92 Å². The third-order valence-corrected chi connectivity index (χ3v) is 2.74. The first kappa shape index (κ1) is 11.0. The second-order valence-electron chi connectivity index (χ2n) is 5.56. The molecule has 1 unspecified atom stereocenters. The maximum atomic E-state index is 10.0. The van der Waals surface area contributed by atoms with Crippen molar-refractivity contribution in [2.75, 3.05) is 6.54 Å². The van der Waals surface area contributed by atoms with Crippen molar-refractivity contribution in [1.82, 2.24) is 5.32 Å². The van der Waals surface area contributed by atoms with Crippen LogP contribution in [0.5, 0.6) is 0 Å². The number of rotatable bonds is 4. The molecule has 1 aliphatic rings. The van der Waals surface area contributed by atoms with Crippen LogP contribution in [0.15, 0.2) is 0 Å². The van der Waals surface area contributed by atoms with Crippen LogP contribution in [0.1, 0.15) is 47.0 Å². The Hall–Kier alpha value is -0.0800. The van der Waals surface area contributed by atoms with Crippen molar-refractivity contribution in [2.45, 2.75) is 58.1 Å². The average molecular weight is 185 g/mol. The topological polar surface area (TPSA) is 32.3 Å². The van der Waals surface area contributed by atoms with E-state index in [0.717, 1.165) is 13.0 Å². The first-order chi connectivity index (χ1) is 5.81. The Balaban J connectivity index is 2.18. The first-order valence-corrected chi connectivity index (χ1v) is 5.29. The number of hydrogen-bond donors (Lipinski definition) is 2. The van der Waals surface area contributed by atoms with Crippen LogP contribution in [-0.4, -0.2) is 22.8 Å². The van der Waals surface area contributed by atoms with Gasteiger partial charge in [-0.25, -0.2) is 0 Å². The molecule has 0 aliphatic heterocycles. The molecule has 0 amide bonds. The van der Waals surface area contributed by atoms with E-state index in [-0.39, 0.29) is 5.54 Å². The predicted molar refractivity (Wildman–Crippen MR) is 55.7 cm³/mol. The molecule has 1 saturated carbocycles. The van der Waals surface area contributed by atoms with Gasteiger partial charge in [0.1, 0.15) is 0 Å². The van der Waals surface area contributed by atoms with Gasteiger partial charge in [0.05, 0.1) is 5.60 Å². The van der Waals surface area contributed by atoms with Crippen LogP contribution in [0, 0.1) is 5.92 Å². The van der Waals surface area contributed by atoms with Gasteiger partial charge in [0.25, 0.3) is 0 Å². The molecule has 0 aromatic heterocycles. The van der Waals surface area contributed by atoms with Crippen molar-refractivity contribution in [3.8, 4) is 0 Å². The van der Waals surface area contributed by atoms with Crippen molar-refractivity contribution < 1.29 is 5.11 Å². The first-order valence-electron chi connectivity index (χ1n) is 5.29. The van der Waals surface area contributed by atoms with Gasteiger partial charge in [-0.2, -0.15) is 0 Å². The van der Waals surface area contributed by atoms with Gasteiger partial charge < -0.3 is 10.4 Å². The molecule has 0 aromatic rings. The van der Waals surface area contributed by atoms with Crippen LogP contribution < -0.4 is 5.32 Å². The van der Waals surface area contributed by atoms with E-state index in [9.17, 15) is 5.11 Å². The highest BCUT2D eigenvalue weighted by Crippen LogP contribution is 2.40. The zero-order valence-corrected chi connectivity index (χ0v) is 9.35. The van der Waals surface area contributed by atoms with Gasteiger partial charge in [-0.1, -0.05) is 0 Å². The lowest BCUT2D eigenvalue weighted by Gasteiger charge is -2.26. The van der Waals surface area contributed by atoms with Gasteiger partial charge in [0.15, 0.2) is 0 Å². The standard InChI is InChI=1S/C11H23NO/c1-10(2,3)12-8-7-11(4,13)9-5-6-9/h9,12-13H,5-8H2,1-4H3. The van der Waals surface area contributed by atoms with E-state index in [2.05, 4.69) is 26.1 Å². The molecule has 2 N–H and O–H groups in total. The molecule has 0 heterocycles. The van der Waals surface area contributed by atoms with Crippen molar-refractivity contribution in [1.29, 1.82) is 0 Å². The number of nitrogens with one attached hydrogen (secondary N) is 1. The summed E-state index contributed by atoms with van der Waals surface area (Å²) >= 11 is 0. The Morgan fingerprint density at radius 2 is 1.77 bits per heavy atom. The molecule has 78 valence electrons. The van der Waals surface area contributed by atoms with Crippen LogP contribution in [0.25, 0.3) is 0 Å². The van der Waals surface area contributed by atoms with E-state index in [1.54, 1.807) is 0 Å². The summed E-state index contributed by atoms with van der Waals surface area (Å²) in [6.07, 6.45) is 3.29. The molecule has 0 spiro atoms. The Morgan fingerprint density at radius 1 is 1.23 bits per heavy atom. The fourth-order valence-electron chi connectivity index (χ4n) is 1.60. The van der Waals surface area contributed by atoms with Crippen molar-refractivity contribution in [3.05, 3.63) is 0 Å². The molecular formula is C11H23NO. The van der Waals surface area contributed by atoms with Crippen LogP contribution in [-0.2, 0) is 0 Å². The highest BCUT2D eigenvalue weighted by molar-refractivity contribution is 4.91. The molecule has 0 radical (unpaired) electrons. The molecule has 1 fully saturated rings. The Bertz CT molecular complexity index is 165. The van der Waals surface area contributed by atoms with Crippen LogP contribution >= 0.6 is 0 Å². The monoisotopic (exact) mass is 185 g/mol.